The first-order chi connectivity index (χ1) is 4.77. The van der Waals surface area contributed by atoms with Crippen molar-refractivity contribution in [2.75, 3.05) is 0 Å². The van der Waals surface area contributed by atoms with Gasteiger partial charge in [-0.3, -0.25) is 0 Å². The van der Waals surface area contributed by atoms with Crippen molar-refractivity contribution in [2.24, 2.45) is 0 Å². The molecule has 0 radical (unpaired) electrons. The summed E-state index contributed by atoms with van der Waals surface area (Å²) in [4.78, 5) is 8.20. The van der Waals surface area contributed by atoms with Crippen LogP contribution in [0.15, 0.2) is 0 Å². The van der Waals surface area contributed by atoms with Crippen molar-refractivity contribution in [1.29, 1.82) is 5.39 Å². The van der Waals surface area contributed by atoms with E-state index in [1.807, 2.05) is 6.92 Å². The largest absolute Gasteiger partial charge is 0.523 e. The molecule has 52 valence electrons. The third kappa shape index (κ3) is 1.14. The van der Waals surface area contributed by atoms with Crippen LogP contribution < -0.4 is 0 Å². The van der Waals surface area contributed by atoms with Gasteiger partial charge in [0.2, 0.25) is 0 Å². The SMILES string of the molecule is CCc1sc([N+]#N)nc1C. The molecule has 0 aromatic carbocycles. The Kier molecular flexibility index (Phi) is 1.97. The van der Waals surface area contributed by atoms with Gasteiger partial charge in [-0.2, -0.15) is 0 Å². The van der Waals surface area contributed by atoms with Crippen LogP contribution >= 0.6 is 11.3 Å². The fourth-order valence-corrected chi connectivity index (χ4v) is 1.56. The van der Waals surface area contributed by atoms with Crippen LogP contribution in [0, 0.1) is 12.3 Å². The minimum atomic E-state index is 0.453. The molecule has 0 atom stereocenters. The fraction of sp³-hybridized carbons (Fsp3) is 0.500. The lowest BCUT2D eigenvalue weighted by Gasteiger charge is -1.80. The first kappa shape index (κ1) is 7.16. The maximum absolute atomic E-state index is 8.34. The van der Waals surface area contributed by atoms with E-state index in [0.717, 1.165) is 12.1 Å². The van der Waals surface area contributed by atoms with Crippen LogP contribution in [0.4, 0.5) is 5.13 Å². The second-order valence-corrected chi connectivity index (χ2v) is 3.02. The molecule has 0 saturated heterocycles. The van der Waals surface area contributed by atoms with E-state index in [9.17, 15) is 0 Å². The molecule has 0 N–H and O–H groups in total. The van der Waals surface area contributed by atoms with Crippen molar-refractivity contribution >= 4 is 16.5 Å². The van der Waals surface area contributed by atoms with Gasteiger partial charge in [0.1, 0.15) is 0 Å². The Labute approximate surface area is 63.3 Å². The van der Waals surface area contributed by atoms with Crippen molar-refractivity contribution < 1.29 is 0 Å². The van der Waals surface area contributed by atoms with Crippen LogP contribution in [0.2, 0.25) is 0 Å². The van der Waals surface area contributed by atoms with Gasteiger partial charge in [0, 0.05) is 11.9 Å². The standard InChI is InChI=1S/C6H8N3S/c1-3-5-4(2)8-6(9-7)10-5/h3H2,1-2H3/q+1. The molecule has 0 fully saturated rings. The van der Waals surface area contributed by atoms with E-state index in [1.165, 1.54) is 16.2 Å². The summed E-state index contributed by atoms with van der Waals surface area (Å²) in [7, 11) is 0. The molecule has 0 aliphatic heterocycles. The van der Waals surface area contributed by atoms with Crippen molar-refractivity contribution in [3.8, 4) is 0 Å². The molecule has 0 amide bonds. The molecule has 0 spiro atoms. The Morgan fingerprint density at radius 2 is 2.40 bits per heavy atom. The molecule has 0 aliphatic carbocycles. The molecule has 1 rings (SSSR count). The van der Waals surface area contributed by atoms with Crippen molar-refractivity contribution in [3.05, 3.63) is 15.5 Å². The highest BCUT2D eigenvalue weighted by molar-refractivity contribution is 7.15. The number of rotatable bonds is 1. The quantitative estimate of drug-likeness (QED) is 0.583. The highest BCUT2D eigenvalue weighted by atomic mass is 32.1. The van der Waals surface area contributed by atoms with Crippen LogP contribution in [0.3, 0.4) is 0 Å². The fourth-order valence-electron chi connectivity index (χ4n) is 0.783. The predicted octanol–water partition coefficient (Wildman–Crippen LogP) is 2.50. The second kappa shape index (κ2) is 2.76. The highest BCUT2D eigenvalue weighted by Gasteiger charge is 2.15. The smallest absolute Gasteiger partial charge is 0.0603 e. The number of nitrogens with zero attached hydrogens (tertiary/aromatic N) is 3. The van der Waals surface area contributed by atoms with Gasteiger partial charge < -0.3 is 0 Å². The van der Waals surface area contributed by atoms with Crippen LogP contribution in [0.25, 0.3) is 4.98 Å². The molecule has 4 heteroatoms. The number of thiazole rings is 1. The molecule has 1 aromatic heterocycles. The number of aromatic nitrogens is 1. The summed E-state index contributed by atoms with van der Waals surface area (Å²) in [6.45, 7) is 3.98. The van der Waals surface area contributed by atoms with E-state index in [-0.39, 0.29) is 0 Å². The second-order valence-electron chi connectivity index (χ2n) is 1.96. The van der Waals surface area contributed by atoms with Crippen molar-refractivity contribution in [2.45, 2.75) is 20.3 Å². The molecule has 0 bridgehead atoms. The van der Waals surface area contributed by atoms with Gasteiger partial charge >= 0.3 is 5.13 Å². The predicted molar refractivity (Wildman–Crippen MR) is 41.0 cm³/mol. The molecule has 1 heterocycles. The number of hydrogen-bond acceptors (Lipinski definition) is 3. The van der Waals surface area contributed by atoms with E-state index < -0.39 is 0 Å². The van der Waals surface area contributed by atoms with Crippen LogP contribution in [0.5, 0.6) is 0 Å². The first-order valence-corrected chi connectivity index (χ1v) is 3.91. The van der Waals surface area contributed by atoms with E-state index in [2.05, 4.69) is 16.9 Å². The number of hydrogen-bond donors (Lipinski definition) is 0. The summed E-state index contributed by atoms with van der Waals surface area (Å²) < 4.78 is 0. The van der Waals surface area contributed by atoms with E-state index in [4.69, 9.17) is 5.39 Å². The Balaban J connectivity index is 3.07. The van der Waals surface area contributed by atoms with Gasteiger partial charge in [0.05, 0.1) is 10.3 Å². The molecular weight excluding hydrogens is 146 g/mol. The Morgan fingerprint density at radius 1 is 1.70 bits per heavy atom. The monoisotopic (exact) mass is 154 g/mol. The summed E-state index contributed by atoms with van der Waals surface area (Å²) in [6.07, 6.45) is 0.957. The number of aryl methyl sites for hydroxylation is 2. The van der Waals surface area contributed by atoms with Gasteiger partial charge in [-0.15, -0.1) is 0 Å². The molecule has 0 saturated carbocycles. The van der Waals surface area contributed by atoms with E-state index in [1.54, 1.807) is 0 Å². The lowest BCUT2D eigenvalue weighted by molar-refractivity contribution is 1.12. The molecule has 0 aliphatic rings. The van der Waals surface area contributed by atoms with Gasteiger partial charge in [-0.05, 0) is 22.7 Å². The Morgan fingerprint density at radius 3 is 2.70 bits per heavy atom. The molecule has 10 heavy (non-hydrogen) atoms. The Bertz CT molecular complexity index is 271. The lowest BCUT2D eigenvalue weighted by atomic mass is 10.3. The average molecular weight is 154 g/mol. The summed E-state index contributed by atoms with van der Waals surface area (Å²) in [5, 5.41) is 8.80. The van der Waals surface area contributed by atoms with Crippen molar-refractivity contribution in [3.63, 3.8) is 0 Å². The van der Waals surface area contributed by atoms with Gasteiger partial charge in [-0.1, -0.05) is 6.92 Å². The minimum Gasteiger partial charge on any atom is -0.0603 e. The molecule has 0 unspecified atom stereocenters. The normalized spacial score (nSPS) is 9.30. The highest BCUT2D eigenvalue weighted by Crippen LogP contribution is 2.24. The van der Waals surface area contributed by atoms with Gasteiger partial charge in [-0.25, -0.2) is 0 Å². The zero-order chi connectivity index (χ0) is 7.56. The van der Waals surface area contributed by atoms with E-state index >= 15 is 0 Å². The summed E-state index contributed by atoms with van der Waals surface area (Å²) in [5.41, 5.74) is 0.973. The minimum absolute atomic E-state index is 0.453. The average Bonchev–Trinajstić information content (AvgIpc) is 2.30. The van der Waals surface area contributed by atoms with Crippen LogP contribution in [-0.4, -0.2) is 4.98 Å². The summed E-state index contributed by atoms with van der Waals surface area (Å²) in [6, 6.07) is 0. The van der Waals surface area contributed by atoms with Crippen molar-refractivity contribution in [1.82, 2.24) is 4.98 Å². The topological polar surface area (TPSA) is 41.0 Å². The molecular formula is C6H8N3S+. The van der Waals surface area contributed by atoms with Gasteiger partial charge in [0.15, 0.2) is 5.69 Å². The molecule has 1 aromatic rings. The third-order valence-corrected chi connectivity index (χ3v) is 2.47. The first-order valence-electron chi connectivity index (χ1n) is 3.09. The number of diazo groups is 1. The summed E-state index contributed by atoms with van der Waals surface area (Å²) >= 11 is 1.43. The third-order valence-electron chi connectivity index (χ3n) is 1.29. The van der Waals surface area contributed by atoms with Gasteiger partial charge in [0.25, 0.3) is 0 Å². The summed E-state index contributed by atoms with van der Waals surface area (Å²) in [5.74, 6) is 0. The Hall–Kier alpha value is -0.950. The zero-order valence-electron chi connectivity index (χ0n) is 5.96. The van der Waals surface area contributed by atoms with Crippen LogP contribution in [-0.2, 0) is 6.42 Å². The van der Waals surface area contributed by atoms with E-state index in [0.29, 0.717) is 5.13 Å². The maximum atomic E-state index is 8.34. The molecule has 3 nitrogen and oxygen atoms in total. The zero-order valence-corrected chi connectivity index (χ0v) is 6.77. The maximum Gasteiger partial charge on any atom is 0.523 e. The van der Waals surface area contributed by atoms with Crippen LogP contribution in [0.1, 0.15) is 17.5 Å². The lowest BCUT2D eigenvalue weighted by Crippen LogP contribution is -1.76.